The van der Waals surface area contributed by atoms with Gasteiger partial charge in [-0.15, -0.1) is 37.9 Å². The first-order valence-corrected chi connectivity index (χ1v) is 4.04. The minimum Gasteiger partial charge on any atom is -0.662 e. The van der Waals surface area contributed by atoms with Crippen molar-refractivity contribution in [1.29, 1.82) is 0 Å². The topological polar surface area (TPSA) is 43.2 Å². The van der Waals surface area contributed by atoms with Crippen LogP contribution in [0.2, 0.25) is 0 Å². The Morgan fingerprint density at radius 2 is 1.50 bits per heavy atom. The normalized spacial score (nSPS) is 14.6. The van der Waals surface area contributed by atoms with Gasteiger partial charge < -0.3 is 15.4 Å². The molecule has 1 rings (SSSR count). The second-order valence-corrected chi connectivity index (χ2v) is 2.33. The third kappa shape index (κ3) is 23.1. The van der Waals surface area contributed by atoms with Gasteiger partial charge in [-0.25, -0.2) is 0 Å². The van der Waals surface area contributed by atoms with E-state index in [1.165, 1.54) is 26.1 Å². The fourth-order valence-electron chi connectivity index (χ4n) is 0.869. The molecule has 3 nitrogen and oxygen atoms in total. The maximum absolute atomic E-state index is 8.68. The molecule has 0 radical (unpaired) electrons. The summed E-state index contributed by atoms with van der Waals surface area (Å²) in [5.41, 5.74) is 0. The summed E-state index contributed by atoms with van der Waals surface area (Å²) in [6.45, 7) is 5.76. The minimum absolute atomic E-state index is 0. The molecule has 0 aromatic carbocycles. The van der Waals surface area contributed by atoms with Crippen molar-refractivity contribution in [1.82, 2.24) is 5.32 Å². The first kappa shape index (κ1) is 24.2. The molecule has 14 heavy (non-hydrogen) atoms. The molecule has 0 amide bonds. The molecular weight excluding hydrogens is 259 g/mol. The van der Waals surface area contributed by atoms with Crippen LogP contribution in [0.25, 0.3) is 5.32 Å². The molecule has 6 heteroatoms. The summed E-state index contributed by atoms with van der Waals surface area (Å²) in [7, 11) is 0. The molecule has 0 aromatic rings. The Morgan fingerprint density at radius 3 is 1.86 bits per heavy atom. The van der Waals surface area contributed by atoms with Gasteiger partial charge in [0.2, 0.25) is 0 Å². The van der Waals surface area contributed by atoms with Gasteiger partial charge in [0, 0.05) is 0 Å². The van der Waals surface area contributed by atoms with Gasteiger partial charge in [0.1, 0.15) is 0 Å². The van der Waals surface area contributed by atoms with E-state index in [4.69, 9.17) is 4.79 Å². The van der Waals surface area contributed by atoms with Crippen molar-refractivity contribution in [2.24, 2.45) is 0 Å². The van der Waals surface area contributed by atoms with Crippen molar-refractivity contribution in [2.45, 2.75) is 19.8 Å². The number of carbonyl (C=O) groups excluding carboxylic acids is 1. The third-order valence-corrected chi connectivity index (χ3v) is 1.34. The largest absolute Gasteiger partial charge is 2.00 e. The summed E-state index contributed by atoms with van der Waals surface area (Å²) in [6.07, 6.45) is 3.94. The molecule has 0 aromatic heterocycles. The summed E-state index contributed by atoms with van der Waals surface area (Å²) in [5, 5.41) is 7.62. The molecule has 1 fully saturated rings. The van der Waals surface area contributed by atoms with Gasteiger partial charge in [-0.2, -0.15) is 6.92 Å². The smallest absolute Gasteiger partial charge is 0.662 e. The van der Waals surface area contributed by atoms with Crippen molar-refractivity contribution >= 4 is 31.1 Å². The Balaban J connectivity index is -0.0000000758. The van der Waals surface area contributed by atoms with E-state index in [-0.39, 0.29) is 46.5 Å². The minimum atomic E-state index is 0. The van der Waals surface area contributed by atoms with Crippen LogP contribution in [-0.4, -0.2) is 32.5 Å². The van der Waals surface area contributed by atoms with Gasteiger partial charge in [-0.3, -0.25) is 6.29 Å². The first-order valence-electron chi connectivity index (χ1n) is 4.04. The first-order chi connectivity index (χ1) is 5.41. The molecule has 1 aliphatic heterocycles. The van der Waals surface area contributed by atoms with E-state index < -0.39 is 0 Å². The second-order valence-electron chi connectivity index (χ2n) is 2.33. The zero-order valence-electron chi connectivity index (χ0n) is 8.41. The molecule has 1 heterocycles. The molecule has 0 unspecified atom stereocenters. The zero-order valence-corrected chi connectivity index (χ0v) is 11.6. The van der Waals surface area contributed by atoms with Gasteiger partial charge in [-0.1, -0.05) is 12.8 Å². The predicted octanol–water partition coefficient (Wildman–Crippen LogP) is 1.70. The van der Waals surface area contributed by atoms with E-state index in [9.17, 15) is 0 Å². The molecule has 0 spiro atoms. The molecule has 0 bridgehead atoms. The van der Waals surface area contributed by atoms with Gasteiger partial charge in [-0.05, 0) is 13.1 Å². The monoisotopic (exact) mass is 276 g/mol. The summed E-state index contributed by atoms with van der Waals surface area (Å²) < 4.78 is 0. The maximum atomic E-state index is 8.68. The van der Waals surface area contributed by atoms with Gasteiger partial charge in [0.15, 0.2) is 0 Å². The van der Waals surface area contributed by atoms with Crippen LogP contribution >= 0.6 is 24.8 Å². The standard InChI is InChI=1S/C6H13N2.C2H3O.2ClH.Ti/c1-3-7-5-2-6-8-4-1;1-2-3;;;/h7H,1-6H2;1H3;2*1H;/q2*-1;;;+2. The summed E-state index contributed by atoms with van der Waals surface area (Å²) in [5.74, 6) is 0. The fraction of sp³-hybridized carbons (Fsp3) is 0.875. The van der Waals surface area contributed by atoms with Crippen molar-refractivity contribution in [3.05, 3.63) is 5.32 Å². The van der Waals surface area contributed by atoms with Crippen molar-refractivity contribution in [2.75, 3.05) is 26.2 Å². The molecule has 1 aliphatic rings. The Kier molecular flexibility index (Phi) is 40.8. The maximum Gasteiger partial charge on any atom is 2.00 e. The summed E-state index contributed by atoms with van der Waals surface area (Å²) >= 11 is 0. The average Bonchev–Trinajstić information content (AvgIpc) is 1.86. The molecule has 0 aliphatic carbocycles. The Morgan fingerprint density at radius 1 is 1.14 bits per heavy atom. The molecule has 84 valence electrons. The van der Waals surface area contributed by atoms with E-state index in [0.717, 1.165) is 26.2 Å². The Hall–Kier alpha value is 0.884. The Bertz CT molecular complexity index is 75.4. The van der Waals surface area contributed by atoms with Gasteiger partial charge in [0.05, 0.1) is 0 Å². The van der Waals surface area contributed by atoms with Gasteiger partial charge in [0.25, 0.3) is 0 Å². The summed E-state index contributed by atoms with van der Waals surface area (Å²) in [4.78, 5) is 8.68. The SMILES string of the molecule is C1C[N-]CCCNC1.C[C-]=O.Cl.Cl.[Ti+2]. The number of nitrogens with zero attached hydrogens (tertiary/aromatic N) is 1. The van der Waals surface area contributed by atoms with Crippen LogP contribution < -0.4 is 5.32 Å². The van der Waals surface area contributed by atoms with Crippen LogP contribution in [0.3, 0.4) is 0 Å². The second kappa shape index (κ2) is 23.6. The number of hydrogen-bond acceptors (Lipinski definition) is 2. The van der Waals surface area contributed by atoms with E-state index in [1.54, 1.807) is 0 Å². The predicted molar refractivity (Wildman–Crippen MR) is 61.1 cm³/mol. The number of rotatable bonds is 0. The molecule has 1 N–H and O–H groups in total. The van der Waals surface area contributed by atoms with Crippen LogP contribution in [0, 0.1) is 0 Å². The van der Waals surface area contributed by atoms with Crippen molar-refractivity contribution < 1.29 is 26.5 Å². The van der Waals surface area contributed by atoms with Crippen molar-refractivity contribution in [3.63, 3.8) is 0 Å². The zero-order chi connectivity index (χ0) is 8.36. The van der Waals surface area contributed by atoms with E-state index in [1.807, 2.05) is 0 Å². The van der Waals surface area contributed by atoms with Gasteiger partial charge >= 0.3 is 21.7 Å². The van der Waals surface area contributed by atoms with Crippen LogP contribution in [-0.2, 0) is 26.5 Å². The summed E-state index contributed by atoms with van der Waals surface area (Å²) in [6, 6.07) is 0. The van der Waals surface area contributed by atoms with Crippen molar-refractivity contribution in [3.8, 4) is 0 Å². The third-order valence-electron chi connectivity index (χ3n) is 1.34. The van der Waals surface area contributed by atoms with Crippen LogP contribution in [0.4, 0.5) is 0 Å². The number of nitrogens with one attached hydrogen (secondary N) is 1. The number of hydrogen-bond donors (Lipinski definition) is 1. The number of halogens is 2. The Labute approximate surface area is 114 Å². The van der Waals surface area contributed by atoms with Crippen LogP contribution in [0.5, 0.6) is 0 Å². The van der Waals surface area contributed by atoms with E-state index in [2.05, 4.69) is 10.6 Å². The van der Waals surface area contributed by atoms with E-state index in [0.29, 0.717) is 0 Å². The fourth-order valence-corrected chi connectivity index (χ4v) is 0.869. The average molecular weight is 277 g/mol. The van der Waals surface area contributed by atoms with Crippen LogP contribution in [0.1, 0.15) is 19.8 Å². The molecule has 0 saturated carbocycles. The molecule has 0 atom stereocenters. The van der Waals surface area contributed by atoms with Crippen LogP contribution in [0.15, 0.2) is 0 Å². The molecular formula is C8H18Cl2N2OTi. The molecule has 1 saturated heterocycles. The van der Waals surface area contributed by atoms with E-state index >= 15 is 0 Å². The quantitative estimate of drug-likeness (QED) is 0.541.